The second-order valence-corrected chi connectivity index (χ2v) is 8.41. The van der Waals surface area contributed by atoms with E-state index in [1.54, 1.807) is 26.2 Å². The molecule has 0 unspecified atom stereocenters. The average Bonchev–Trinajstić information content (AvgIpc) is 2.98. The van der Waals surface area contributed by atoms with Crippen LogP contribution in [0.2, 0.25) is 5.02 Å². The third-order valence-corrected chi connectivity index (χ3v) is 6.24. The summed E-state index contributed by atoms with van der Waals surface area (Å²) in [6, 6.07) is 9.00. The Bertz CT molecular complexity index is 1060. The van der Waals surface area contributed by atoms with Crippen LogP contribution in [0.4, 0.5) is 0 Å². The first kappa shape index (κ1) is 18.8. The van der Waals surface area contributed by atoms with Gasteiger partial charge >= 0.3 is 0 Å². The fourth-order valence-electron chi connectivity index (χ4n) is 3.03. The molecular formula is C19H21ClN2O3S. The third kappa shape index (κ3) is 3.72. The van der Waals surface area contributed by atoms with Gasteiger partial charge in [-0.15, -0.1) is 0 Å². The van der Waals surface area contributed by atoms with Crippen LogP contribution >= 0.6 is 11.6 Å². The summed E-state index contributed by atoms with van der Waals surface area (Å²) in [7, 11) is -2.02. The van der Waals surface area contributed by atoms with Gasteiger partial charge in [0.05, 0.1) is 12.0 Å². The molecule has 138 valence electrons. The minimum absolute atomic E-state index is 0.276. The van der Waals surface area contributed by atoms with Crippen molar-refractivity contribution in [2.24, 2.45) is 0 Å². The van der Waals surface area contributed by atoms with Crippen LogP contribution in [0.15, 0.2) is 41.4 Å². The van der Waals surface area contributed by atoms with E-state index in [-0.39, 0.29) is 4.90 Å². The van der Waals surface area contributed by atoms with E-state index in [0.29, 0.717) is 29.3 Å². The summed E-state index contributed by atoms with van der Waals surface area (Å²) in [6.45, 7) is 3.89. The Hall–Kier alpha value is -2.02. The van der Waals surface area contributed by atoms with Crippen molar-refractivity contribution in [3.63, 3.8) is 0 Å². The first-order chi connectivity index (χ1) is 12.3. The molecular weight excluding hydrogens is 372 g/mol. The summed E-state index contributed by atoms with van der Waals surface area (Å²) in [5.74, 6) is 0.678. The number of benzene rings is 2. The maximum Gasteiger partial charge on any atom is 0.240 e. The zero-order valence-corrected chi connectivity index (χ0v) is 16.5. The van der Waals surface area contributed by atoms with Crippen LogP contribution < -0.4 is 9.46 Å². The highest BCUT2D eigenvalue weighted by Crippen LogP contribution is 2.26. The summed E-state index contributed by atoms with van der Waals surface area (Å²) in [6.07, 6.45) is 2.45. The van der Waals surface area contributed by atoms with Gasteiger partial charge in [-0.3, -0.25) is 0 Å². The molecule has 0 spiro atoms. The molecule has 0 aliphatic rings. The fourth-order valence-corrected chi connectivity index (χ4v) is 4.54. The third-order valence-electron chi connectivity index (χ3n) is 4.40. The molecule has 0 aliphatic carbocycles. The lowest BCUT2D eigenvalue weighted by atomic mass is 10.1. The van der Waals surface area contributed by atoms with Crippen LogP contribution in [0.1, 0.15) is 16.7 Å². The summed E-state index contributed by atoms with van der Waals surface area (Å²) in [5, 5.41) is 1.66. The van der Waals surface area contributed by atoms with E-state index in [1.165, 1.54) is 0 Å². The molecule has 1 heterocycles. The Morgan fingerprint density at radius 2 is 1.92 bits per heavy atom. The second kappa shape index (κ2) is 7.31. The number of H-pyrrole nitrogens is 1. The van der Waals surface area contributed by atoms with E-state index in [0.717, 1.165) is 22.0 Å². The molecule has 0 fully saturated rings. The van der Waals surface area contributed by atoms with Gasteiger partial charge in [-0.2, -0.15) is 0 Å². The fraction of sp³-hybridized carbons (Fsp3) is 0.263. The molecule has 1 aromatic heterocycles. The van der Waals surface area contributed by atoms with Crippen LogP contribution in [0.3, 0.4) is 0 Å². The van der Waals surface area contributed by atoms with Crippen molar-refractivity contribution in [2.45, 2.75) is 25.2 Å². The Morgan fingerprint density at radius 1 is 1.15 bits per heavy atom. The summed E-state index contributed by atoms with van der Waals surface area (Å²) < 4.78 is 33.3. The van der Waals surface area contributed by atoms with E-state index in [4.69, 9.17) is 16.3 Å². The highest BCUT2D eigenvalue weighted by molar-refractivity contribution is 7.89. The maximum absolute atomic E-state index is 12.7. The van der Waals surface area contributed by atoms with Crippen molar-refractivity contribution in [2.75, 3.05) is 13.7 Å². The topological polar surface area (TPSA) is 71.2 Å². The van der Waals surface area contributed by atoms with Crippen LogP contribution in [0.5, 0.6) is 5.75 Å². The molecule has 0 atom stereocenters. The van der Waals surface area contributed by atoms with Gasteiger partial charge in [0.25, 0.3) is 0 Å². The minimum Gasteiger partial charge on any atom is -0.496 e. The van der Waals surface area contributed by atoms with Gasteiger partial charge in [0, 0.05) is 28.7 Å². The molecule has 0 saturated heterocycles. The second-order valence-electron chi connectivity index (χ2n) is 6.24. The zero-order valence-electron chi connectivity index (χ0n) is 14.9. The summed E-state index contributed by atoms with van der Waals surface area (Å²) in [5.41, 5.74) is 3.44. The number of rotatable bonds is 6. The van der Waals surface area contributed by atoms with Crippen LogP contribution in [0, 0.1) is 13.8 Å². The molecule has 0 bridgehead atoms. The van der Waals surface area contributed by atoms with Crippen molar-refractivity contribution in [3.8, 4) is 5.75 Å². The number of aromatic amines is 1. The Labute approximate surface area is 158 Å². The number of halogens is 1. The largest absolute Gasteiger partial charge is 0.496 e. The molecule has 0 saturated carbocycles. The number of methoxy groups -OCH3 is 1. The van der Waals surface area contributed by atoms with E-state index in [1.807, 2.05) is 31.3 Å². The van der Waals surface area contributed by atoms with Crippen LogP contribution in [-0.4, -0.2) is 27.1 Å². The SMILES string of the molecule is COc1cc(C)c(S(=O)(=O)NCCc2c[nH]c3ccc(Cl)cc23)cc1C. The average molecular weight is 393 g/mol. The first-order valence-electron chi connectivity index (χ1n) is 8.22. The maximum atomic E-state index is 12.7. The molecule has 0 aliphatic heterocycles. The number of aryl methyl sites for hydroxylation is 2. The molecule has 2 N–H and O–H groups in total. The quantitative estimate of drug-likeness (QED) is 0.666. The van der Waals surface area contributed by atoms with Gasteiger partial charge in [-0.05, 0) is 67.3 Å². The first-order valence-corrected chi connectivity index (χ1v) is 10.1. The van der Waals surface area contributed by atoms with E-state index in [2.05, 4.69) is 9.71 Å². The number of aromatic nitrogens is 1. The number of fused-ring (bicyclic) bond motifs is 1. The van der Waals surface area contributed by atoms with Crippen LogP contribution in [0.25, 0.3) is 10.9 Å². The molecule has 2 aromatic carbocycles. The van der Waals surface area contributed by atoms with Gasteiger partial charge in [-0.1, -0.05) is 11.6 Å². The number of hydrogen-bond acceptors (Lipinski definition) is 3. The highest BCUT2D eigenvalue weighted by Gasteiger charge is 2.18. The van der Waals surface area contributed by atoms with Gasteiger partial charge < -0.3 is 9.72 Å². The van der Waals surface area contributed by atoms with Crippen molar-refractivity contribution in [1.82, 2.24) is 9.71 Å². The van der Waals surface area contributed by atoms with Gasteiger partial charge in [0.1, 0.15) is 5.75 Å². The molecule has 5 nitrogen and oxygen atoms in total. The lowest BCUT2D eigenvalue weighted by Crippen LogP contribution is -2.26. The molecule has 3 aromatic rings. The lowest BCUT2D eigenvalue weighted by molar-refractivity contribution is 0.411. The highest BCUT2D eigenvalue weighted by atomic mass is 35.5. The number of ether oxygens (including phenoxy) is 1. The minimum atomic E-state index is -3.59. The van der Waals surface area contributed by atoms with E-state index in [9.17, 15) is 8.42 Å². The number of sulfonamides is 1. The zero-order chi connectivity index (χ0) is 18.9. The molecule has 0 radical (unpaired) electrons. The normalized spacial score (nSPS) is 11.8. The van der Waals surface area contributed by atoms with Crippen LogP contribution in [-0.2, 0) is 16.4 Å². The van der Waals surface area contributed by atoms with E-state index >= 15 is 0 Å². The Kier molecular flexibility index (Phi) is 5.27. The monoisotopic (exact) mass is 392 g/mol. The lowest BCUT2D eigenvalue weighted by Gasteiger charge is -2.12. The summed E-state index contributed by atoms with van der Waals surface area (Å²) >= 11 is 6.06. The summed E-state index contributed by atoms with van der Waals surface area (Å²) in [4.78, 5) is 3.45. The predicted molar refractivity (Wildman–Crippen MR) is 105 cm³/mol. The number of nitrogens with one attached hydrogen (secondary N) is 2. The van der Waals surface area contributed by atoms with E-state index < -0.39 is 10.0 Å². The molecule has 0 amide bonds. The molecule has 7 heteroatoms. The van der Waals surface area contributed by atoms with Gasteiger partial charge in [-0.25, -0.2) is 13.1 Å². The van der Waals surface area contributed by atoms with Crippen molar-refractivity contribution in [3.05, 3.63) is 58.2 Å². The molecule has 26 heavy (non-hydrogen) atoms. The Balaban J connectivity index is 1.76. The van der Waals surface area contributed by atoms with Gasteiger partial charge in [0.15, 0.2) is 0 Å². The standard InChI is InChI=1S/C19H21ClN2O3S/c1-12-9-19(13(2)8-18(12)25-3)26(23,24)22-7-6-14-11-21-17-5-4-15(20)10-16(14)17/h4-5,8-11,21-22H,6-7H2,1-3H3. The smallest absolute Gasteiger partial charge is 0.240 e. The van der Waals surface area contributed by atoms with Crippen molar-refractivity contribution < 1.29 is 13.2 Å². The van der Waals surface area contributed by atoms with Crippen molar-refractivity contribution >= 4 is 32.5 Å². The predicted octanol–water partition coefficient (Wildman–Crippen LogP) is 3.97. The van der Waals surface area contributed by atoms with Gasteiger partial charge in [0.2, 0.25) is 10.0 Å². The molecule has 3 rings (SSSR count). The van der Waals surface area contributed by atoms with Crippen molar-refractivity contribution in [1.29, 1.82) is 0 Å². The Morgan fingerprint density at radius 3 is 2.65 bits per heavy atom. The number of hydrogen-bond donors (Lipinski definition) is 2.